The molecule has 0 spiro atoms. The third-order valence-electron chi connectivity index (χ3n) is 3.69. The molecule has 5 nitrogen and oxygen atoms in total. The van der Waals surface area contributed by atoms with Gasteiger partial charge in [0.25, 0.3) is 0 Å². The molecule has 0 aliphatic heterocycles. The number of halogens is 1. The quantitative estimate of drug-likeness (QED) is 0.0983. The molecule has 0 heterocycles. The molecule has 3 atom stereocenters. The average molecular weight is 451 g/mol. The van der Waals surface area contributed by atoms with Crippen molar-refractivity contribution >= 4 is 0 Å². The van der Waals surface area contributed by atoms with Crippen LogP contribution in [-0.4, -0.2) is 67.1 Å². The van der Waals surface area contributed by atoms with Crippen LogP contribution in [0.15, 0.2) is 30.3 Å². The zero-order valence-corrected chi connectivity index (χ0v) is 17.6. The molecular weight excluding hydrogens is 417 g/mol. The summed E-state index contributed by atoms with van der Waals surface area (Å²) in [5.74, 6) is 0. The molecule has 1 aromatic rings. The van der Waals surface area contributed by atoms with Crippen molar-refractivity contribution in [3.05, 3.63) is 35.9 Å². The number of benzene rings is 1. The Balaban J connectivity index is 2.28. The van der Waals surface area contributed by atoms with Gasteiger partial charge in [-0.1, -0.05) is 0 Å². The van der Waals surface area contributed by atoms with Crippen LogP contribution < -0.4 is 29.9 Å². The second-order valence-electron chi connectivity index (χ2n) is 6.32. The number of alkyl halides is 1. The first kappa shape index (κ1) is 21.8. The van der Waals surface area contributed by atoms with Gasteiger partial charge in [0.2, 0.25) is 0 Å². The number of nitrogens with one attached hydrogen (secondary N) is 2. The fourth-order valence-corrected chi connectivity index (χ4v) is 5.29. The van der Waals surface area contributed by atoms with Gasteiger partial charge in [-0.3, -0.25) is 0 Å². The van der Waals surface area contributed by atoms with Gasteiger partial charge in [0, 0.05) is 0 Å². The van der Waals surface area contributed by atoms with Crippen molar-refractivity contribution in [3.63, 3.8) is 0 Å². The Morgan fingerprint density at radius 1 is 1.29 bits per heavy atom. The molecule has 0 aliphatic carbocycles. The number of ether oxygens (including phenoxy) is 1. The van der Waals surface area contributed by atoms with Crippen molar-refractivity contribution in [3.8, 4) is 0 Å². The van der Waals surface area contributed by atoms with Crippen molar-refractivity contribution in [2.45, 2.75) is 32.6 Å². The SMILES string of the molecule is COC(C)CN(C)C[I-][NH+](CCNCc1ccccc1)CC(C)O. The van der Waals surface area contributed by atoms with Crippen LogP contribution in [0.2, 0.25) is 0 Å². The summed E-state index contributed by atoms with van der Waals surface area (Å²) >= 11 is -0.0381. The summed E-state index contributed by atoms with van der Waals surface area (Å²) in [5.41, 5.74) is 1.32. The Bertz CT molecular complexity index is 420. The number of likely N-dealkylation sites (N-methyl/N-ethyl adjacent to an activating group) is 1. The number of hydrogen-bond acceptors (Lipinski definition) is 4. The summed E-state index contributed by atoms with van der Waals surface area (Å²) in [6.07, 6.45) is 0.0313. The predicted octanol–water partition coefficient (Wildman–Crippen LogP) is -3.03. The van der Waals surface area contributed by atoms with Gasteiger partial charge in [-0.05, 0) is 0 Å². The van der Waals surface area contributed by atoms with Crippen LogP contribution in [0.1, 0.15) is 19.4 Å². The first-order chi connectivity index (χ1) is 11.5. The zero-order chi connectivity index (χ0) is 17.8. The van der Waals surface area contributed by atoms with Crippen molar-refractivity contribution in [1.82, 2.24) is 10.2 Å². The Labute approximate surface area is 158 Å². The van der Waals surface area contributed by atoms with Crippen molar-refractivity contribution in [1.29, 1.82) is 0 Å². The van der Waals surface area contributed by atoms with Crippen LogP contribution in [0.25, 0.3) is 0 Å². The fraction of sp³-hybridized carbons (Fsp3) is 0.667. The average Bonchev–Trinajstić information content (AvgIpc) is 2.56. The van der Waals surface area contributed by atoms with Gasteiger partial charge in [-0.25, -0.2) is 0 Å². The second-order valence-corrected chi connectivity index (χ2v) is 9.29. The van der Waals surface area contributed by atoms with Gasteiger partial charge in [-0.15, -0.1) is 0 Å². The van der Waals surface area contributed by atoms with Crippen LogP contribution in [0.5, 0.6) is 0 Å². The number of aliphatic hydroxyl groups is 1. The molecule has 0 saturated heterocycles. The van der Waals surface area contributed by atoms with Gasteiger partial charge in [0.05, 0.1) is 0 Å². The van der Waals surface area contributed by atoms with Gasteiger partial charge >= 0.3 is 158 Å². The Morgan fingerprint density at radius 2 is 2.00 bits per heavy atom. The van der Waals surface area contributed by atoms with Crippen LogP contribution in [0.4, 0.5) is 0 Å². The third kappa shape index (κ3) is 10.6. The fourth-order valence-electron chi connectivity index (χ4n) is 2.35. The topological polar surface area (TPSA) is 49.2 Å². The van der Waals surface area contributed by atoms with E-state index in [1.807, 2.05) is 13.0 Å². The predicted molar refractivity (Wildman–Crippen MR) is 94.5 cm³/mol. The molecule has 1 aromatic carbocycles. The first-order valence-electron chi connectivity index (χ1n) is 8.59. The zero-order valence-electron chi connectivity index (χ0n) is 15.5. The molecule has 24 heavy (non-hydrogen) atoms. The third-order valence-corrected chi connectivity index (χ3v) is 7.25. The molecule has 0 aromatic heterocycles. The van der Waals surface area contributed by atoms with E-state index in [4.69, 9.17) is 4.74 Å². The number of hydrogen-bond donors (Lipinski definition) is 3. The maximum absolute atomic E-state index is 9.75. The summed E-state index contributed by atoms with van der Waals surface area (Å²) in [6.45, 7) is 8.75. The molecule has 1 rings (SSSR count). The molecule has 3 unspecified atom stereocenters. The van der Waals surface area contributed by atoms with Crippen LogP contribution in [-0.2, 0) is 11.3 Å². The van der Waals surface area contributed by atoms with Crippen molar-refractivity contribution in [2.75, 3.05) is 44.9 Å². The number of quaternary nitrogens is 1. The summed E-state index contributed by atoms with van der Waals surface area (Å²) in [5, 5.41) is 13.3. The van der Waals surface area contributed by atoms with Crippen molar-refractivity contribution < 1.29 is 34.4 Å². The molecule has 0 amide bonds. The van der Waals surface area contributed by atoms with Crippen LogP contribution in [0.3, 0.4) is 0 Å². The summed E-state index contributed by atoms with van der Waals surface area (Å²) in [6, 6.07) is 10.5. The van der Waals surface area contributed by atoms with E-state index in [1.165, 1.54) is 5.56 Å². The van der Waals surface area contributed by atoms with E-state index in [0.717, 1.165) is 37.3 Å². The summed E-state index contributed by atoms with van der Waals surface area (Å²) in [7, 11) is 3.92. The Kier molecular flexibility index (Phi) is 11.8. The van der Waals surface area contributed by atoms with E-state index in [-0.39, 0.29) is 33.7 Å². The Morgan fingerprint density at radius 3 is 2.62 bits per heavy atom. The number of aliphatic hydroxyl groups excluding tert-OH is 1. The molecule has 3 N–H and O–H groups in total. The molecule has 0 saturated carbocycles. The molecule has 0 aliphatic rings. The molecular formula is C18H34IN3O2. The van der Waals surface area contributed by atoms with Crippen LogP contribution in [0, 0.1) is 0 Å². The van der Waals surface area contributed by atoms with Gasteiger partial charge in [0.15, 0.2) is 0 Å². The summed E-state index contributed by atoms with van der Waals surface area (Å²) in [4.78, 5) is 2.35. The van der Waals surface area contributed by atoms with E-state index >= 15 is 0 Å². The molecule has 0 radical (unpaired) electrons. The molecule has 140 valence electrons. The van der Waals surface area contributed by atoms with Gasteiger partial charge in [0.1, 0.15) is 0 Å². The monoisotopic (exact) mass is 451 g/mol. The molecule has 0 bridgehead atoms. The number of nitrogens with zero attached hydrogens (tertiary/aromatic N) is 1. The molecule has 6 heteroatoms. The van der Waals surface area contributed by atoms with E-state index < -0.39 is 0 Å². The number of methoxy groups -OCH3 is 1. The standard InChI is InChI=1S/C18H34IN3O2/c1-16(23)13-22(19-15-21(3)14-17(2)24-4)11-10-20-12-18-8-6-5-7-9-18/h5-9,16-17,20,22-23H,10-15H2,1-4H3. The van der Waals surface area contributed by atoms with E-state index in [0.29, 0.717) is 0 Å². The number of rotatable bonds is 13. The van der Waals surface area contributed by atoms with E-state index in [2.05, 4.69) is 48.5 Å². The minimum absolute atomic E-state index is 0.0381. The second kappa shape index (κ2) is 13.0. The minimum atomic E-state index is -0.239. The van der Waals surface area contributed by atoms with Crippen molar-refractivity contribution in [2.24, 2.45) is 0 Å². The van der Waals surface area contributed by atoms with Gasteiger partial charge in [-0.2, -0.15) is 0 Å². The van der Waals surface area contributed by atoms with E-state index in [9.17, 15) is 5.11 Å². The van der Waals surface area contributed by atoms with Crippen LogP contribution >= 0.6 is 0 Å². The normalized spacial score (nSPS) is 15.6. The van der Waals surface area contributed by atoms with E-state index in [1.54, 1.807) is 10.2 Å². The summed E-state index contributed by atoms with van der Waals surface area (Å²) < 4.78 is 7.99. The molecule has 0 fully saturated rings. The van der Waals surface area contributed by atoms with Gasteiger partial charge < -0.3 is 0 Å². The Hall–Kier alpha value is -0.250. The maximum atomic E-state index is 9.75. The first-order valence-corrected chi connectivity index (χ1v) is 11.2.